The van der Waals surface area contributed by atoms with Crippen molar-refractivity contribution in [3.05, 3.63) is 29.3 Å². The van der Waals surface area contributed by atoms with E-state index in [2.05, 4.69) is 5.32 Å². The fourth-order valence-electron chi connectivity index (χ4n) is 1.85. The number of ether oxygens (including phenoxy) is 1. The van der Waals surface area contributed by atoms with Gasteiger partial charge in [-0.05, 0) is 32.5 Å². The van der Waals surface area contributed by atoms with Crippen LogP contribution in [-0.2, 0) is 10.3 Å². The second-order valence-electron chi connectivity index (χ2n) is 4.16. The van der Waals surface area contributed by atoms with Gasteiger partial charge in [0.25, 0.3) is 0 Å². The number of carboxylic acid groups (broad SMARTS) is 1. The van der Waals surface area contributed by atoms with Crippen LogP contribution in [0.5, 0.6) is 5.75 Å². The second kappa shape index (κ2) is 5.19. The van der Waals surface area contributed by atoms with Crippen molar-refractivity contribution in [1.82, 2.24) is 5.32 Å². The van der Waals surface area contributed by atoms with Crippen LogP contribution in [0.3, 0.4) is 0 Å². The molecule has 0 aliphatic heterocycles. The lowest BCUT2D eigenvalue weighted by atomic mass is 9.90. The SMILES string of the molecule is CCNC(C)(C(=O)O)c1cc(C)ccc1OC. The monoisotopic (exact) mass is 237 g/mol. The number of carbonyl (C=O) groups is 1. The maximum Gasteiger partial charge on any atom is 0.328 e. The summed E-state index contributed by atoms with van der Waals surface area (Å²) in [5, 5.41) is 12.4. The van der Waals surface area contributed by atoms with Gasteiger partial charge < -0.3 is 9.84 Å². The van der Waals surface area contributed by atoms with Crippen molar-refractivity contribution in [2.24, 2.45) is 0 Å². The molecule has 0 aliphatic carbocycles. The summed E-state index contributed by atoms with van der Waals surface area (Å²) in [5.74, 6) is -0.329. The molecular weight excluding hydrogens is 218 g/mol. The summed E-state index contributed by atoms with van der Waals surface area (Å²) < 4.78 is 5.24. The molecule has 1 unspecified atom stereocenters. The Morgan fingerprint density at radius 1 is 1.53 bits per heavy atom. The number of likely N-dealkylation sites (N-methyl/N-ethyl adjacent to an activating group) is 1. The molecule has 0 bridgehead atoms. The number of benzene rings is 1. The van der Waals surface area contributed by atoms with E-state index in [1.165, 1.54) is 0 Å². The predicted octanol–water partition coefficient (Wildman–Crippen LogP) is 1.91. The Morgan fingerprint density at radius 2 is 2.18 bits per heavy atom. The molecule has 0 aliphatic rings. The average molecular weight is 237 g/mol. The van der Waals surface area contributed by atoms with Crippen molar-refractivity contribution in [2.45, 2.75) is 26.3 Å². The van der Waals surface area contributed by atoms with E-state index < -0.39 is 11.5 Å². The largest absolute Gasteiger partial charge is 0.496 e. The number of aliphatic carboxylic acids is 1. The van der Waals surface area contributed by atoms with Crippen LogP contribution in [0.1, 0.15) is 25.0 Å². The molecule has 2 N–H and O–H groups in total. The van der Waals surface area contributed by atoms with Gasteiger partial charge in [0.05, 0.1) is 7.11 Å². The highest BCUT2D eigenvalue weighted by Gasteiger charge is 2.36. The quantitative estimate of drug-likeness (QED) is 0.821. The minimum atomic E-state index is -1.13. The minimum absolute atomic E-state index is 0.569. The van der Waals surface area contributed by atoms with E-state index in [0.717, 1.165) is 5.56 Å². The van der Waals surface area contributed by atoms with Crippen LogP contribution in [-0.4, -0.2) is 24.7 Å². The number of methoxy groups -OCH3 is 1. The number of hydrogen-bond donors (Lipinski definition) is 2. The molecule has 4 heteroatoms. The molecule has 0 aromatic heterocycles. The van der Waals surface area contributed by atoms with E-state index in [9.17, 15) is 9.90 Å². The third kappa shape index (κ3) is 2.58. The van der Waals surface area contributed by atoms with Crippen molar-refractivity contribution in [1.29, 1.82) is 0 Å². The van der Waals surface area contributed by atoms with Gasteiger partial charge in [0, 0.05) is 5.56 Å². The van der Waals surface area contributed by atoms with Crippen LogP contribution in [0.2, 0.25) is 0 Å². The first-order chi connectivity index (χ1) is 7.95. The Bertz CT molecular complexity index is 417. The molecule has 0 saturated heterocycles. The Kier molecular flexibility index (Phi) is 4.12. The summed E-state index contributed by atoms with van der Waals surface area (Å²) in [5.41, 5.74) is 0.520. The number of hydrogen-bond acceptors (Lipinski definition) is 3. The van der Waals surface area contributed by atoms with Crippen molar-refractivity contribution in [3.8, 4) is 5.75 Å². The van der Waals surface area contributed by atoms with Crippen LogP contribution in [0.25, 0.3) is 0 Å². The van der Waals surface area contributed by atoms with Gasteiger partial charge in [0.15, 0.2) is 0 Å². The van der Waals surface area contributed by atoms with E-state index in [-0.39, 0.29) is 0 Å². The van der Waals surface area contributed by atoms with Gasteiger partial charge in [-0.25, -0.2) is 4.79 Å². The molecule has 0 fully saturated rings. The van der Waals surface area contributed by atoms with E-state index in [4.69, 9.17) is 4.74 Å². The molecule has 0 amide bonds. The molecule has 94 valence electrons. The van der Waals surface area contributed by atoms with Gasteiger partial charge in [-0.15, -0.1) is 0 Å². The lowest BCUT2D eigenvalue weighted by Gasteiger charge is -2.28. The van der Waals surface area contributed by atoms with Crippen LogP contribution < -0.4 is 10.1 Å². The first-order valence-electron chi connectivity index (χ1n) is 5.59. The minimum Gasteiger partial charge on any atom is -0.496 e. The first kappa shape index (κ1) is 13.5. The van der Waals surface area contributed by atoms with E-state index in [0.29, 0.717) is 17.9 Å². The summed E-state index contributed by atoms with van der Waals surface area (Å²) >= 11 is 0. The highest BCUT2D eigenvalue weighted by atomic mass is 16.5. The molecule has 4 nitrogen and oxygen atoms in total. The van der Waals surface area contributed by atoms with E-state index >= 15 is 0 Å². The normalized spacial score (nSPS) is 14.1. The topological polar surface area (TPSA) is 58.6 Å². The Morgan fingerprint density at radius 3 is 2.65 bits per heavy atom. The molecule has 1 rings (SSSR count). The summed E-state index contributed by atoms with van der Waals surface area (Å²) in [6.07, 6.45) is 0. The molecule has 0 spiro atoms. The molecule has 1 aromatic rings. The molecule has 1 aromatic carbocycles. The van der Waals surface area contributed by atoms with Gasteiger partial charge in [0.2, 0.25) is 0 Å². The fourth-order valence-corrected chi connectivity index (χ4v) is 1.85. The summed E-state index contributed by atoms with van der Waals surface area (Å²) in [4.78, 5) is 11.5. The molecule has 1 atom stereocenters. The van der Waals surface area contributed by atoms with Gasteiger partial charge in [0.1, 0.15) is 11.3 Å². The van der Waals surface area contributed by atoms with Crippen LogP contribution in [0.15, 0.2) is 18.2 Å². The third-order valence-corrected chi connectivity index (χ3v) is 2.85. The highest BCUT2D eigenvalue weighted by molar-refractivity contribution is 5.81. The van der Waals surface area contributed by atoms with Crippen molar-refractivity contribution < 1.29 is 14.6 Å². The smallest absolute Gasteiger partial charge is 0.328 e. The third-order valence-electron chi connectivity index (χ3n) is 2.85. The number of carboxylic acids is 1. The summed E-state index contributed by atoms with van der Waals surface area (Å²) in [6, 6.07) is 5.54. The summed E-state index contributed by atoms with van der Waals surface area (Å²) in [6.45, 7) is 6.02. The lowest BCUT2D eigenvalue weighted by molar-refractivity contribution is -0.144. The molecular formula is C13H19NO3. The molecule has 0 radical (unpaired) electrons. The maximum atomic E-state index is 11.5. The van der Waals surface area contributed by atoms with Crippen LogP contribution >= 0.6 is 0 Å². The van der Waals surface area contributed by atoms with Crippen LogP contribution in [0.4, 0.5) is 0 Å². The van der Waals surface area contributed by atoms with Crippen molar-refractivity contribution in [3.63, 3.8) is 0 Å². The van der Waals surface area contributed by atoms with Crippen molar-refractivity contribution >= 4 is 5.97 Å². The number of aryl methyl sites for hydroxylation is 1. The van der Waals surface area contributed by atoms with Crippen molar-refractivity contribution in [2.75, 3.05) is 13.7 Å². The molecule has 0 heterocycles. The number of nitrogens with one attached hydrogen (secondary N) is 1. The van der Waals surface area contributed by atoms with Gasteiger partial charge in [-0.2, -0.15) is 0 Å². The maximum absolute atomic E-state index is 11.5. The Labute approximate surface area is 102 Å². The summed E-state index contributed by atoms with van der Waals surface area (Å²) in [7, 11) is 1.54. The van der Waals surface area contributed by atoms with Crippen LogP contribution in [0, 0.1) is 6.92 Å². The molecule has 0 saturated carbocycles. The Balaban J connectivity index is 3.36. The van der Waals surface area contributed by atoms with Gasteiger partial charge in [-0.3, -0.25) is 5.32 Å². The Hall–Kier alpha value is -1.55. The lowest BCUT2D eigenvalue weighted by Crippen LogP contribution is -2.46. The van der Waals surface area contributed by atoms with E-state index in [1.54, 1.807) is 20.1 Å². The zero-order valence-corrected chi connectivity index (χ0v) is 10.7. The first-order valence-corrected chi connectivity index (χ1v) is 5.59. The number of rotatable bonds is 5. The fraction of sp³-hybridized carbons (Fsp3) is 0.462. The zero-order chi connectivity index (χ0) is 13.1. The highest BCUT2D eigenvalue weighted by Crippen LogP contribution is 2.31. The molecule has 17 heavy (non-hydrogen) atoms. The van der Waals surface area contributed by atoms with E-state index in [1.807, 2.05) is 26.0 Å². The standard InChI is InChI=1S/C13H19NO3/c1-5-14-13(3,12(15)16)10-8-9(2)6-7-11(10)17-4/h6-8,14H,5H2,1-4H3,(H,15,16). The zero-order valence-electron chi connectivity index (χ0n) is 10.7. The second-order valence-corrected chi connectivity index (χ2v) is 4.16. The predicted molar refractivity (Wildman–Crippen MR) is 66.4 cm³/mol. The average Bonchev–Trinajstić information content (AvgIpc) is 2.29. The van der Waals surface area contributed by atoms with Gasteiger partial charge in [-0.1, -0.05) is 18.6 Å². The van der Waals surface area contributed by atoms with Gasteiger partial charge >= 0.3 is 5.97 Å².